The summed E-state index contributed by atoms with van der Waals surface area (Å²) < 4.78 is 43.3. The van der Waals surface area contributed by atoms with E-state index in [-0.39, 0.29) is 22.6 Å². The molecule has 48 heavy (non-hydrogen) atoms. The molecular formula is C30H40O18. The summed E-state index contributed by atoms with van der Waals surface area (Å²) in [6.07, 6.45) is -14.6. The highest BCUT2D eigenvalue weighted by Gasteiger charge is 2.48. The van der Waals surface area contributed by atoms with Crippen molar-refractivity contribution >= 4 is 11.9 Å². The summed E-state index contributed by atoms with van der Waals surface area (Å²) in [5.41, 5.74) is -0.0855. The van der Waals surface area contributed by atoms with Gasteiger partial charge in [0.25, 0.3) is 0 Å². The van der Waals surface area contributed by atoms with E-state index in [2.05, 4.69) is 6.58 Å². The Morgan fingerprint density at radius 3 is 1.98 bits per heavy atom. The van der Waals surface area contributed by atoms with Gasteiger partial charge in [0.2, 0.25) is 12.6 Å². The lowest BCUT2D eigenvalue weighted by Crippen LogP contribution is -2.60. The van der Waals surface area contributed by atoms with Gasteiger partial charge in [-0.05, 0) is 18.2 Å². The Balaban J connectivity index is 1.48. The van der Waals surface area contributed by atoms with Crippen molar-refractivity contribution in [2.45, 2.75) is 67.7 Å². The first-order chi connectivity index (χ1) is 22.9. The molecule has 2 fully saturated rings. The van der Waals surface area contributed by atoms with Crippen LogP contribution in [0.15, 0.2) is 42.7 Å². The third kappa shape index (κ3) is 7.74. The zero-order valence-corrected chi connectivity index (χ0v) is 25.9. The number of benzene rings is 1. The van der Waals surface area contributed by atoms with Crippen molar-refractivity contribution in [3.8, 4) is 11.5 Å². The van der Waals surface area contributed by atoms with Crippen LogP contribution >= 0.6 is 0 Å². The Labute approximate surface area is 273 Å². The molecule has 1 aromatic rings. The smallest absolute Gasteiger partial charge is 0.338 e. The molecule has 4 rings (SSSR count). The molecule has 268 valence electrons. The van der Waals surface area contributed by atoms with Gasteiger partial charge in [0, 0.05) is 11.8 Å². The molecule has 2 saturated heterocycles. The van der Waals surface area contributed by atoms with E-state index in [1.54, 1.807) is 0 Å². The minimum Gasteiger partial charge on any atom is -0.493 e. The fourth-order valence-electron chi connectivity index (χ4n) is 5.37. The maximum atomic E-state index is 13.2. The monoisotopic (exact) mass is 688 g/mol. The molecule has 13 atom stereocenters. The molecule has 3 aliphatic heterocycles. The predicted octanol–water partition coefficient (Wildman–Crippen LogP) is -3.32. The number of esters is 2. The lowest BCUT2D eigenvalue weighted by atomic mass is 9.84. The number of hydrogen-bond donors (Lipinski definition) is 8. The topological polar surface area (TPSA) is 270 Å². The van der Waals surface area contributed by atoms with Crippen LogP contribution in [0.2, 0.25) is 0 Å². The highest BCUT2D eigenvalue weighted by Crippen LogP contribution is 2.36. The fourth-order valence-corrected chi connectivity index (χ4v) is 5.37. The van der Waals surface area contributed by atoms with Gasteiger partial charge in [0.05, 0.1) is 51.4 Å². The summed E-state index contributed by atoms with van der Waals surface area (Å²) in [5.74, 6) is -3.65. The van der Waals surface area contributed by atoms with Gasteiger partial charge < -0.3 is 78.7 Å². The van der Waals surface area contributed by atoms with Crippen molar-refractivity contribution in [3.05, 3.63) is 48.3 Å². The zero-order valence-electron chi connectivity index (χ0n) is 25.9. The van der Waals surface area contributed by atoms with Gasteiger partial charge in [-0.25, -0.2) is 9.59 Å². The molecule has 0 radical (unpaired) electrons. The van der Waals surface area contributed by atoms with Crippen LogP contribution in [0.4, 0.5) is 0 Å². The fraction of sp³-hybridized carbons (Fsp3) is 0.600. The van der Waals surface area contributed by atoms with E-state index in [1.165, 1.54) is 31.4 Å². The molecule has 3 heterocycles. The average molecular weight is 689 g/mol. The third-order valence-corrected chi connectivity index (χ3v) is 8.20. The van der Waals surface area contributed by atoms with E-state index >= 15 is 0 Å². The first-order valence-electron chi connectivity index (χ1n) is 14.7. The first kappa shape index (κ1) is 37.4. The maximum Gasteiger partial charge on any atom is 0.338 e. The summed E-state index contributed by atoms with van der Waals surface area (Å²) in [6.45, 7) is 1.94. The number of ether oxygens (including phenoxy) is 8. The number of carbonyl (C=O) groups is 2. The van der Waals surface area contributed by atoms with Crippen LogP contribution in [0.5, 0.6) is 11.5 Å². The Kier molecular flexibility index (Phi) is 12.7. The van der Waals surface area contributed by atoms with Crippen molar-refractivity contribution in [3.63, 3.8) is 0 Å². The van der Waals surface area contributed by atoms with Crippen LogP contribution < -0.4 is 9.47 Å². The Morgan fingerprint density at radius 1 is 0.812 bits per heavy atom. The molecular weight excluding hydrogens is 648 g/mol. The predicted molar refractivity (Wildman–Crippen MR) is 155 cm³/mol. The zero-order chi connectivity index (χ0) is 35.3. The highest BCUT2D eigenvalue weighted by molar-refractivity contribution is 5.91. The van der Waals surface area contributed by atoms with Crippen LogP contribution in [0.25, 0.3) is 0 Å². The van der Waals surface area contributed by atoms with E-state index < -0.39 is 111 Å². The molecule has 1 aromatic carbocycles. The van der Waals surface area contributed by atoms with E-state index in [4.69, 9.17) is 37.9 Å². The summed E-state index contributed by atoms with van der Waals surface area (Å²) in [4.78, 5) is 25.8. The second-order valence-corrected chi connectivity index (χ2v) is 11.1. The number of aliphatic hydroxyl groups excluding tert-OH is 8. The molecule has 0 aromatic heterocycles. The maximum absolute atomic E-state index is 13.2. The summed E-state index contributed by atoms with van der Waals surface area (Å²) in [5, 5.41) is 79.9. The van der Waals surface area contributed by atoms with Crippen LogP contribution in [-0.2, 0) is 33.2 Å². The average Bonchev–Trinajstić information content (AvgIpc) is 3.10. The minimum atomic E-state index is -1.75. The molecule has 0 unspecified atom stereocenters. The summed E-state index contributed by atoms with van der Waals surface area (Å²) in [6, 6.07) is 3.84. The Hall–Kier alpha value is -3.40. The van der Waals surface area contributed by atoms with E-state index in [1.807, 2.05) is 0 Å². The first-order valence-corrected chi connectivity index (χ1v) is 14.7. The van der Waals surface area contributed by atoms with E-state index in [0.717, 1.165) is 13.4 Å². The van der Waals surface area contributed by atoms with Gasteiger partial charge in [-0.1, -0.05) is 6.08 Å². The van der Waals surface area contributed by atoms with Gasteiger partial charge >= 0.3 is 11.9 Å². The van der Waals surface area contributed by atoms with Crippen molar-refractivity contribution < 1.29 is 88.3 Å². The SMILES string of the molecule is C=C[C@H]1[C@H](O[C@@H]2O[C@H](CO)[C@@H](O)[C@H](O)[C@H]2O)OC=C(C(=O)OC)[C@H]1COC(=O)c1ccc(O[C@@H]2O[C@H](CO)[C@@H](O)[C@H](O)[C@H]2O)c(OC)c1. The number of aliphatic hydroxyl groups is 8. The van der Waals surface area contributed by atoms with Crippen molar-refractivity contribution in [2.24, 2.45) is 11.8 Å². The van der Waals surface area contributed by atoms with Gasteiger partial charge in [0.15, 0.2) is 17.8 Å². The van der Waals surface area contributed by atoms with Gasteiger partial charge in [-0.3, -0.25) is 0 Å². The standard InChI is InChI=1S/C30H40O18/c1-4-13-14(15(27(40)42-3)11-44-28(13)48-30-25(38)23(36)21(34)19(9-32)47-30)10-43-26(39)12-5-6-16(17(7-12)41-2)45-29-24(37)22(35)20(33)18(8-31)46-29/h4-7,11,13-14,18-25,28-38H,1,8-10H2,2-3H3/t13-,14+,18-,19-,20-,21-,22+,23+,24-,25-,28+,29-,30+/m1/s1. The van der Waals surface area contributed by atoms with Crippen LogP contribution in [0.1, 0.15) is 10.4 Å². The summed E-state index contributed by atoms with van der Waals surface area (Å²) >= 11 is 0. The molecule has 0 bridgehead atoms. The second-order valence-electron chi connectivity index (χ2n) is 11.1. The van der Waals surface area contributed by atoms with Crippen molar-refractivity contribution in [2.75, 3.05) is 34.0 Å². The molecule has 18 nitrogen and oxygen atoms in total. The number of hydrogen-bond acceptors (Lipinski definition) is 18. The lowest BCUT2D eigenvalue weighted by molar-refractivity contribution is -0.339. The van der Waals surface area contributed by atoms with E-state index in [0.29, 0.717) is 0 Å². The number of carbonyl (C=O) groups excluding carboxylic acids is 2. The molecule has 3 aliphatic rings. The number of rotatable bonds is 12. The quantitative estimate of drug-likeness (QED) is 0.0788. The van der Waals surface area contributed by atoms with Crippen LogP contribution in [0.3, 0.4) is 0 Å². The second kappa shape index (κ2) is 16.3. The van der Waals surface area contributed by atoms with Crippen molar-refractivity contribution in [1.29, 1.82) is 0 Å². The van der Waals surface area contributed by atoms with Crippen LogP contribution in [0, 0.1) is 11.8 Å². The molecule has 0 amide bonds. The van der Waals surface area contributed by atoms with Gasteiger partial charge in [-0.15, -0.1) is 6.58 Å². The third-order valence-electron chi connectivity index (χ3n) is 8.20. The largest absolute Gasteiger partial charge is 0.493 e. The van der Waals surface area contributed by atoms with Crippen molar-refractivity contribution in [1.82, 2.24) is 0 Å². The molecule has 0 spiro atoms. The van der Waals surface area contributed by atoms with E-state index in [9.17, 15) is 50.4 Å². The van der Waals surface area contributed by atoms with Crippen LogP contribution in [-0.4, -0.2) is 155 Å². The summed E-state index contributed by atoms with van der Waals surface area (Å²) in [7, 11) is 2.40. The minimum absolute atomic E-state index is 0.0143. The molecule has 0 saturated carbocycles. The Bertz CT molecular complexity index is 1300. The van der Waals surface area contributed by atoms with Gasteiger partial charge in [-0.2, -0.15) is 0 Å². The van der Waals surface area contributed by atoms with Gasteiger partial charge in [0.1, 0.15) is 48.8 Å². The molecule has 0 aliphatic carbocycles. The normalized spacial score (nSPS) is 36.6. The highest BCUT2D eigenvalue weighted by atomic mass is 16.8. The lowest BCUT2D eigenvalue weighted by Gasteiger charge is -2.42. The molecule has 8 N–H and O–H groups in total. The Morgan fingerprint density at radius 2 is 1.42 bits per heavy atom. The molecule has 18 heteroatoms. The number of methoxy groups -OCH3 is 2.